The van der Waals surface area contributed by atoms with Crippen LogP contribution in [0, 0.1) is 17.0 Å². The Bertz CT molecular complexity index is 908. The Hall–Kier alpha value is -2.31. The summed E-state index contributed by atoms with van der Waals surface area (Å²) in [6.07, 6.45) is 3.73. The maximum absolute atomic E-state index is 11.0. The van der Waals surface area contributed by atoms with Gasteiger partial charge in [-0.25, -0.2) is 4.98 Å². The summed E-state index contributed by atoms with van der Waals surface area (Å²) in [4.78, 5) is 14.8. The molecular weight excluding hydrogens is 341 g/mol. The Balaban J connectivity index is 1.94. The summed E-state index contributed by atoms with van der Waals surface area (Å²) in [5.74, 6) is 0.541. The first-order chi connectivity index (χ1) is 11.0. The number of fused-ring (bicyclic) bond motifs is 1. The molecule has 0 unspecified atom stereocenters. The van der Waals surface area contributed by atoms with Crippen molar-refractivity contribution in [2.24, 2.45) is 0 Å². The van der Waals surface area contributed by atoms with E-state index in [0.29, 0.717) is 22.0 Å². The Labute approximate surface area is 141 Å². The number of ether oxygens (including phenoxy) is 1. The number of pyridine rings is 1. The first kappa shape index (κ1) is 15.6. The molecule has 2 heterocycles. The molecule has 118 valence electrons. The number of hydrogen-bond acceptors (Lipinski definition) is 4. The lowest BCUT2D eigenvalue weighted by atomic mass is 10.2. The molecule has 0 aliphatic carbocycles. The van der Waals surface area contributed by atoms with Crippen LogP contribution >= 0.6 is 23.2 Å². The van der Waals surface area contributed by atoms with Crippen molar-refractivity contribution in [1.82, 2.24) is 9.38 Å². The second-order valence-electron chi connectivity index (χ2n) is 4.89. The Morgan fingerprint density at radius 1 is 1.35 bits per heavy atom. The van der Waals surface area contributed by atoms with Gasteiger partial charge < -0.3 is 9.14 Å². The van der Waals surface area contributed by atoms with Crippen molar-refractivity contribution >= 4 is 34.5 Å². The summed E-state index contributed by atoms with van der Waals surface area (Å²) < 4.78 is 7.57. The highest BCUT2D eigenvalue weighted by molar-refractivity contribution is 6.37. The molecule has 3 aromatic rings. The molecule has 0 saturated carbocycles. The van der Waals surface area contributed by atoms with Gasteiger partial charge in [-0.1, -0.05) is 23.2 Å². The number of halogens is 2. The number of hydrogen-bond donors (Lipinski definition) is 0. The van der Waals surface area contributed by atoms with E-state index >= 15 is 0 Å². The molecular formula is C15H11Cl2N3O3. The van der Waals surface area contributed by atoms with Gasteiger partial charge in [0.05, 0.1) is 10.6 Å². The highest BCUT2D eigenvalue weighted by Crippen LogP contribution is 2.34. The Morgan fingerprint density at radius 3 is 2.87 bits per heavy atom. The lowest BCUT2D eigenvalue weighted by Crippen LogP contribution is -2.01. The SMILES string of the molecule is Cc1cn2cccc(OCc3c(Cl)ccc([N+](=O)[O-])c3Cl)c2n1. The molecule has 0 saturated heterocycles. The van der Waals surface area contributed by atoms with E-state index in [9.17, 15) is 10.1 Å². The van der Waals surface area contributed by atoms with E-state index in [0.717, 1.165) is 5.69 Å². The minimum absolute atomic E-state index is 0.00489. The first-order valence-electron chi connectivity index (χ1n) is 6.65. The molecule has 6 nitrogen and oxygen atoms in total. The van der Waals surface area contributed by atoms with Gasteiger partial charge in [-0.2, -0.15) is 0 Å². The van der Waals surface area contributed by atoms with Gasteiger partial charge in [-0.3, -0.25) is 10.1 Å². The van der Waals surface area contributed by atoms with E-state index in [2.05, 4.69) is 4.98 Å². The van der Waals surface area contributed by atoms with Crippen LogP contribution in [0.1, 0.15) is 11.3 Å². The molecule has 0 spiro atoms. The van der Waals surface area contributed by atoms with Gasteiger partial charge in [0.1, 0.15) is 11.6 Å². The van der Waals surface area contributed by atoms with E-state index < -0.39 is 4.92 Å². The van der Waals surface area contributed by atoms with Gasteiger partial charge in [0.15, 0.2) is 11.4 Å². The zero-order valence-corrected chi connectivity index (χ0v) is 13.5. The molecule has 0 amide bonds. The van der Waals surface area contributed by atoms with Crippen molar-refractivity contribution < 1.29 is 9.66 Å². The number of nitro benzene ring substituents is 1. The van der Waals surface area contributed by atoms with Crippen molar-refractivity contribution in [2.75, 3.05) is 0 Å². The van der Waals surface area contributed by atoms with Crippen LogP contribution in [-0.4, -0.2) is 14.3 Å². The van der Waals surface area contributed by atoms with Crippen molar-refractivity contribution in [3.8, 4) is 5.75 Å². The molecule has 8 heteroatoms. The highest BCUT2D eigenvalue weighted by Gasteiger charge is 2.19. The largest absolute Gasteiger partial charge is 0.485 e. The van der Waals surface area contributed by atoms with Crippen LogP contribution < -0.4 is 4.74 Å². The van der Waals surface area contributed by atoms with Crippen LogP contribution in [0.2, 0.25) is 10.0 Å². The van der Waals surface area contributed by atoms with Crippen LogP contribution in [0.5, 0.6) is 5.75 Å². The van der Waals surface area contributed by atoms with Crippen LogP contribution in [0.15, 0.2) is 36.7 Å². The van der Waals surface area contributed by atoms with E-state index in [1.807, 2.05) is 29.8 Å². The van der Waals surface area contributed by atoms with E-state index in [-0.39, 0.29) is 17.3 Å². The summed E-state index contributed by atoms with van der Waals surface area (Å²) in [6.45, 7) is 1.88. The van der Waals surface area contributed by atoms with Crippen molar-refractivity contribution in [1.29, 1.82) is 0 Å². The Morgan fingerprint density at radius 2 is 2.13 bits per heavy atom. The summed E-state index contributed by atoms with van der Waals surface area (Å²) in [5.41, 5.74) is 1.67. The average molecular weight is 352 g/mol. The summed E-state index contributed by atoms with van der Waals surface area (Å²) in [6, 6.07) is 6.29. The average Bonchev–Trinajstić information content (AvgIpc) is 2.87. The molecule has 0 bridgehead atoms. The third kappa shape index (κ3) is 2.95. The fourth-order valence-corrected chi connectivity index (χ4v) is 2.78. The number of rotatable bonds is 4. The van der Waals surface area contributed by atoms with Crippen molar-refractivity contribution in [3.05, 3.63) is 68.1 Å². The highest BCUT2D eigenvalue weighted by atomic mass is 35.5. The molecule has 0 radical (unpaired) electrons. The van der Waals surface area contributed by atoms with Gasteiger partial charge in [-0.15, -0.1) is 0 Å². The standard InChI is InChI=1S/C15H11Cl2N3O3/c1-9-7-19-6-2-3-13(15(19)18-9)23-8-10-11(16)4-5-12(14(10)17)20(21)22/h2-7H,8H2,1H3. The normalized spacial score (nSPS) is 10.9. The minimum atomic E-state index is -0.555. The number of imidazole rings is 1. The van der Waals surface area contributed by atoms with Gasteiger partial charge >= 0.3 is 0 Å². The zero-order chi connectivity index (χ0) is 16.6. The molecule has 0 aliphatic rings. The maximum atomic E-state index is 11.0. The minimum Gasteiger partial charge on any atom is -0.485 e. The first-order valence-corrected chi connectivity index (χ1v) is 7.41. The molecule has 23 heavy (non-hydrogen) atoms. The van der Waals surface area contributed by atoms with E-state index in [1.165, 1.54) is 12.1 Å². The van der Waals surface area contributed by atoms with Gasteiger partial charge in [0, 0.05) is 29.0 Å². The number of aryl methyl sites for hydroxylation is 1. The fourth-order valence-electron chi connectivity index (χ4n) is 2.23. The second kappa shape index (κ2) is 6.06. The van der Waals surface area contributed by atoms with Crippen molar-refractivity contribution in [3.63, 3.8) is 0 Å². The summed E-state index contributed by atoms with van der Waals surface area (Å²) in [7, 11) is 0. The molecule has 0 atom stereocenters. The monoisotopic (exact) mass is 351 g/mol. The molecule has 3 rings (SSSR count). The molecule has 1 aromatic carbocycles. The zero-order valence-electron chi connectivity index (χ0n) is 12.0. The van der Waals surface area contributed by atoms with Crippen LogP contribution in [0.4, 0.5) is 5.69 Å². The van der Waals surface area contributed by atoms with Crippen molar-refractivity contribution in [2.45, 2.75) is 13.5 Å². The summed E-state index contributed by atoms with van der Waals surface area (Å²) in [5, 5.41) is 11.3. The quantitative estimate of drug-likeness (QED) is 0.514. The van der Waals surface area contributed by atoms with Gasteiger partial charge in [0.2, 0.25) is 0 Å². The van der Waals surface area contributed by atoms with Gasteiger partial charge in [0.25, 0.3) is 5.69 Å². The predicted octanol–water partition coefficient (Wildman–Crippen LogP) is 4.44. The predicted molar refractivity (Wildman–Crippen MR) is 87.4 cm³/mol. The van der Waals surface area contributed by atoms with E-state index in [4.69, 9.17) is 27.9 Å². The number of benzene rings is 1. The third-order valence-corrected chi connectivity index (χ3v) is 4.08. The van der Waals surface area contributed by atoms with Crippen LogP contribution in [0.25, 0.3) is 5.65 Å². The third-order valence-electron chi connectivity index (χ3n) is 3.30. The second-order valence-corrected chi connectivity index (χ2v) is 5.68. The van der Waals surface area contributed by atoms with E-state index in [1.54, 1.807) is 6.07 Å². The maximum Gasteiger partial charge on any atom is 0.288 e. The smallest absolute Gasteiger partial charge is 0.288 e. The molecule has 2 aromatic heterocycles. The number of aromatic nitrogens is 2. The van der Waals surface area contributed by atoms with Crippen LogP contribution in [0.3, 0.4) is 0 Å². The molecule has 0 fully saturated rings. The lowest BCUT2D eigenvalue weighted by Gasteiger charge is -2.10. The fraction of sp³-hybridized carbons (Fsp3) is 0.133. The molecule has 0 N–H and O–H groups in total. The van der Waals surface area contributed by atoms with Gasteiger partial charge in [-0.05, 0) is 25.1 Å². The topological polar surface area (TPSA) is 69.7 Å². The van der Waals surface area contributed by atoms with Crippen LogP contribution in [-0.2, 0) is 6.61 Å². The summed E-state index contributed by atoms with van der Waals surface area (Å²) >= 11 is 12.2. The lowest BCUT2D eigenvalue weighted by molar-refractivity contribution is -0.384. The molecule has 0 aliphatic heterocycles. The number of nitrogens with zero attached hydrogens (tertiary/aromatic N) is 3. The Kier molecular flexibility index (Phi) is 4.11. The number of nitro groups is 1.